The van der Waals surface area contributed by atoms with Crippen LogP contribution in [0.15, 0.2) is 22.8 Å². The molecule has 0 aliphatic heterocycles. The molecule has 2 aromatic heterocycles. The van der Waals surface area contributed by atoms with Crippen LogP contribution in [0.25, 0.3) is 10.2 Å². The lowest BCUT2D eigenvalue weighted by Crippen LogP contribution is -2.29. The molecule has 0 aliphatic rings. The van der Waals surface area contributed by atoms with Crippen LogP contribution >= 0.6 is 23.1 Å². The molecule has 0 spiro atoms. The number of thioether (sulfide) groups is 1. The third-order valence-corrected chi connectivity index (χ3v) is 4.23. The van der Waals surface area contributed by atoms with Crippen molar-refractivity contribution in [1.82, 2.24) is 14.9 Å². The first-order valence-electron chi connectivity index (χ1n) is 5.15. The SMILES string of the molecule is C[C@@H](Sc1ncnc2sccc12)C(=O)N(C)C. The number of thiophene rings is 1. The number of hydrogen-bond acceptors (Lipinski definition) is 5. The number of rotatable bonds is 3. The molecule has 17 heavy (non-hydrogen) atoms. The number of hydrogen-bond donors (Lipinski definition) is 0. The van der Waals surface area contributed by atoms with Gasteiger partial charge in [-0.3, -0.25) is 4.79 Å². The van der Waals surface area contributed by atoms with Gasteiger partial charge in [-0.1, -0.05) is 11.8 Å². The van der Waals surface area contributed by atoms with Crippen molar-refractivity contribution < 1.29 is 4.79 Å². The summed E-state index contributed by atoms with van der Waals surface area (Å²) < 4.78 is 0. The Morgan fingerprint density at radius 3 is 2.94 bits per heavy atom. The molecule has 0 unspecified atom stereocenters. The molecule has 0 aromatic carbocycles. The minimum absolute atomic E-state index is 0.0944. The van der Waals surface area contributed by atoms with Crippen LogP contribution in [0.1, 0.15) is 6.92 Å². The summed E-state index contributed by atoms with van der Waals surface area (Å²) in [5.41, 5.74) is 0. The van der Waals surface area contributed by atoms with Crippen molar-refractivity contribution >= 4 is 39.2 Å². The van der Waals surface area contributed by atoms with E-state index in [0.717, 1.165) is 15.2 Å². The van der Waals surface area contributed by atoms with Crippen molar-refractivity contribution in [2.45, 2.75) is 17.2 Å². The summed E-state index contributed by atoms with van der Waals surface area (Å²) in [6, 6.07) is 2.00. The van der Waals surface area contributed by atoms with Crippen LogP contribution in [-0.2, 0) is 4.79 Å². The second kappa shape index (κ2) is 5.01. The van der Waals surface area contributed by atoms with Crippen molar-refractivity contribution in [3.8, 4) is 0 Å². The van der Waals surface area contributed by atoms with Gasteiger partial charge in [0.2, 0.25) is 5.91 Å². The van der Waals surface area contributed by atoms with Crippen LogP contribution in [0.4, 0.5) is 0 Å². The van der Waals surface area contributed by atoms with Gasteiger partial charge in [-0.15, -0.1) is 11.3 Å². The average molecular weight is 267 g/mol. The second-order valence-corrected chi connectivity index (χ2v) is 6.04. The van der Waals surface area contributed by atoms with Crippen LogP contribution in [-0.4, -0.2) is 40.1 Å². The fourth-order valence-corrected chi connectivity index (χ4v) is 3.29. The number of fused-ring (bicyclic) bond motifs is 1. The summed E-state index contributed by atoms with van der Waals surface area (Å²) in [7, 11) is 3.53. The molecule has 90 valence electrons. The van der Waals surface area contributed by atoms with Crippen LogP contribution < -0.4 is 0 Å². The van der Waals surface area contributed by atoms with Crippen LogP contribution in [0.5, 0.6) is 0 Å². The predicted molar refractivity (Wildman–Crippen MR) is 71.4 cm³/mol. The number of aromatic nitrogens is 2. The molecule has 0 fully saturated rings. The Kier molecular flexibility index (Phi) is 3.63. The Hall–Kier alpha value is -1.14. The first-order valence-corrected chi connectivity index (χ1v) is 6.91. The summed E-state index contributed by atoms with van der Waals surface area (Å²) in [6.07, 6.45) is 1.55. The van der Waals surface area contributed by atoms with Gasteiger partial charge in [0.05, 0.1) is 5.25 Å². The summed E-state index contributed by atoms with van der Waals surface area (Å²) in [5, 5.41) is 3.75. The van der Waals surface area contributed by atoms with E-state index in [0.29, 0.717) is 0 Å². The lowest BCUT2D eigenvalue weighted by atomic mass is 10.4. The standard InChI is InChI=1S/C11H13N3OS2/c1-7(11(15)14(2)3)17-10-8-4-5-16-9(8)12-6-13-10/h4-7H,1-3H3/t7-/m1/s1. The molecule has 0 N–H and O–H groups in total. The molecule has 4 nitrogen and oxygen atoms in total. The van der Waals surface area contributed by atoms with Crippen LogP contribution in [0.2, 0.25) is 0 Å². The van der Waals surface area contributed by atoms with E-state index in [1.165, 1.54) is 11.8 Å². The van der Waals surface area contributed by atoms with E-state index < -0.39 is 0 Å². The quantitative estimate of drug-likeness (QED) is 0.632. The molecular weight excluding hydrogens is 254 g/mol. The van der Waals surface area contributed by atoms with Gasteiger partial charge in [0, 0.05) is 19.5 Å². The number of carbonyl (C=O) groups excluding carboxylic acids is 1. The van der Waals surface area contributed by atoms with Gasteiger partial charge in [-0.05, 0) is 18.4 Å². The van der Waals surface area contributed by atoms with Crippen LogP contribution in [0, 0.1) is 0 Å². The average Bonchev–Trinajstić information content (AvgIpc) is 2.76. The molecule has 2 heterocycles. The summed E-state index contributed by atoms with van der Waals surface area (Å²) in [4.78, 5) is 22.8. The maximum atomic E-state index is 11.8. The molecule has 2 rings (SSSR count). The second-order valence-electron chi connectivity index (χ2n) is 3.81. The molecule has 1 amide bonds. The van der Waals surface area contributed by atoms with Crippen molar-refractivity contribution in [1.29, 1.82) is 0 Å². The Labute approximate surface area is 108 Å². The van der Waals surface area contributed by atoms with E-state index in [1.807, 2.05) is 18.4 Å². The molecular formula is C11H13N3OS2. The number of carbonyl (C=O) groups is 1. The van der Waals surface area contributed by atoms with Crippen LogP contribution in [0.3, 0.4) is 0 Å². The Bertz CT molecular complexity index is 538. The summed E-state index contributed by atoms with van der Waals surface area (Å²) in [6.45, 7) is 1.90. The summed E-state index contributed by atoms with van der Waals surface area (Å²) >= 11 is 3.06. The minimum Gasteiger partial charge on any atom is -0.348 e. The maximum absolute atomic E-state index is 11.8. The monoisotopic (exact) mass is 267 g/mol. The third-order valence-electron chi connectivity index (χ3n) is 2.30. The van der Waals surface area contributed by atoms with Gasteiger partial charge in [-0.2, -0.15) is 0 Å². The van der Waals surface area contributed by atoms with E-state index >= 15 is 0 Å². The zero-order chi connectivity index (χ0) is 12.4. The third kappa shape index (κ3) is 2.58. The van der Waals surface area contributed by atoms with E-state index in [4.69, 9.17) is 0 Å². The van der Waals surface area contributed by atoms with Gasteiger partial charge in [-0.25, -0.2) is 9.97 Å². The summed E-state index contributed by atoms with van der Waals surface area (Å²) in [5.74, 6) is 0.0944. The first-order chi connectivity index (χ1) is 8.09. The van der Waals surface area contributed by atoms with Gasteiger partial charge in [0.15, 0.2) is 0 Å². The molecule has 0 saturated carbocycles. The van der Waals surface area contributed by atoms with Gasteiger partial charge in [0.1, 0.15) is 16.2 Å². The Balaban J connectivity index is 2.24. The zero-order valence-electron chi connectivity index (χ0n) is 9.88. The molecule has 0 saturated heterocycles. The molecule has 0 bridgehead atoms. The smallest absolute Gasteiger partial charge is 0.235 e. The highest BCUT2D eigenvalue weighted by Crippen LogP contribution is 2.30. The lowest BCUT2D eigenvalue weighted by Gasteiger charge is -2.15. The molecule has 6 heteroatoms. The highest BCUT2D eigenvalue weighted by atomic mass is 32.2. The van der Waals surface area contributed by atoms with Crippen molar-refractivity contribution in [3.63, 3.8) is 0 Å². The molecule has 2 aromatic rings. The molecule has 0 aliphatic carbocycles. The van der Waals surface area contributed by atoms with E-state index in [9.17, 15) is 4.79 Å². The fourth-order valence-electron chi connectivity index (χ4n) is 1.44. The highest BCUT2D eigenvalue weighted by Gasteiger charge is 2.18. The van der Waals surface area contributed by atoms with E-state index in [2.05, 4.69) is 9.97 Å². The highest BCUT2D eigenvalue weighted by molar-refractivity contribution is 8.00. The van der Waals surface area contributed by atoms with E-state index in [1.54, 1.807) is 36.7 Å². The van der Waals surface area contributed by atoms with E-state index in [-0.39, 0.29) is 11.2 Å². The lowest BCUT2D eigenvalue weighted by molar-refractivity contribution is -0.127. The maximum Gasteiger partial charge on any atom is 0.235 e. The Morgan fingerprint density at radius 2 is 2.24 bits per heavy atom. The predicted octanol–water partition coefficient (Wildman–Crippen LogP) is 2.26. The van der Waals surface area contributed by atoms with Gasteiger partial charge >= 0.3 is 0 Å². The Morgan fingerprint density at radius 1 is 1.47 bits per heavy atom. The van der Waals surface area contributed by atoms with Crippen molar-refractivity contribution in [3.05, 3.63) is 17.8 Å². The van der Waals surface area contributed by atoms with Gasteiger partial charge < -0.3 is 4.90 Å². The minimum atomic E-state index is -0.136. The normalized spacial score (nSPS) is 12.6. The molecule has 1 atom stereocenters. The topological polar surface area (TPSA) is 46.1 Å². The number of amides is 1. The fraction of sp³-hybridized carbons (Fsp3) is 0.364. The zero-order valence-corrected chi connectivity index (χ0v) is 11.5. The molecule has 0 radical (unpaired) electrons. The number of nitrogens with zero attached hydrogens (tertiary/aromatic N) is 3. The largest absolute Gasteiger partial charge is 0.348 e. The van der Waals surface area contributed by atoms with Crippen molar-refractivity contribution in [2.75, 3.05) is 14.1 Å². The van der Waals surface area contributed by atoms with Gasteiger partial charge in [0.25, 0.3) is 0 Å². The first kappa shape index (κ1) is 12.3. The van der Waals surface area contributed by atoms with Crippen molar-refractivity contribution in [2.24, 2.45) is 0 Å².